The van der Waals surface area contributed by atoms with E-state index in [1.54, 1.807) is 29.5 Å². The van der Waals surface area contributed by atoms with Gasteiger partial charge in [-0.25, -0.2) is 0 Å². The Bertz CT molecular complexity index is 1020. The Labute approximate surface area is 183 Å². The molecule has 0 radical (unpaired) electrons. The maximum atomic E-state index is 12.8. The van der Waals surface area contributed by atoms with Crippen LogP contribution in [0.3, 0.4) is 0 Å². The number of amides is 1. The second kappa shape index (κ2) is 9.11. The number of carbonyl (C=O) groups is 1. The van der Waals surface area contributed by atoms with Gasteiger partial charge in [-0.2, -0.15) is 0 Å². The third-order valence-corrected chi connectivity index (χ3v) is 8.14. The summed E-state index contributed by atoms with van der Waals surface area (Å²) in [5.41, 5.74) is 9.71. The lowest BCUT2D eigenvalue weighted by Gasteiger charge is -2.35. The van der Waals surface area contributed by atoms with Gasteiger partial charge in [-0.05, 0) is 58.7 Å². The van der Waals surface area contributed by atoms with Crippen LogP contribution >= 0.6 is 19.8 Å². The average molecular weight is 439 g/mol. The molecule has 30 heavy (non-hydrogen) atoms. The van der Waals surface area contributed by atoms with Gasteiger partial charge in [-0.3, -0.25) is 9.36 Å². The number of thiophene rings is 1. The van der Waals surface area contributed by atoms with E-state index in [2.05, 4.69) is 33.0 Å². The van der Waals surface area contributed by atoms with Gasteiger partial charge in [0.2, 0.25) is 0 Å². The molecule has 156 valence electrons. The number of rotatable bonds is 7. The highest BCUT2D eigenvalue weighted by molar-refractivity contribution is 7.25. The van der Waals surface area contributed by atoms with E-state index in [1.165, 1.54) is 0 Å². The van der Waals surface area contributed by atoms with Gasteiger partial charge in [0.1, 0.15) is 0 Å². The molecular formula is C24H27N2O2PS. The first-order valence-electron chi connectivity index (χ1n) is 9.99. The molecule has 3 rings (SSSR count). The van der Waals surface area contributed by atoms with Crippen LogP contribution in [0, 0.1) is 11.8 Å². The van der Waals surface area contributed by atoms with E-state index in [9.17, 15) is 9.36 Å². The Morgan fingerprint density at radius 1 is 1.03 bits per heavy atom. The van der Waals surface area contributed by atoms with Gasteiger partial charge in [-0.15, -0.1) is 11.3 Å². The average Bonchev–Trinajstić information content (AvgIpc) is 3.25. The smallest absolute Gasteiger partial charge is 0.255 e. The van der Waals surface area contributed by atoms with Gasteiger partial charge < -0.3 is 11.1 Å². The fraction of sp³-hybridized carbons (Fsp3) is 0.292. The molecule has 2 aromatic carbocycles. The van der Waals surface area contributed by atoms with Gasteiger partial charge in [0.05, 0.1) is 16.5 Å². The number of nitrogens with two attached hydrogens (primary N) is 1. The Morgan fingerprint density at radius 3 is 2.23 bits per heavy atom. The highest BCUT2D eigenvalue weighted by atomic mass is 32.1. The zero-order valence-corrected chi connectivity index (χ0v) is 19.4. The van der Waals surface area contributed by atoms with Crippen molar-refractivity contribution in [1.82, 2.24) is 0 Å². The van der Waals surface area contributed by atoms with Crippen LogP contribution in [0.4, 0.5) is 11.4 Å². The van der Waals surface area contributed by atoms with Crippen molar-refractivity contribution in [2.75, 3.05) is 11.1 Å². The molecule has 0 atom stereocenters. The molecule has 0 aliphatic heterocycles. The number of hydrogen-bond acceptors (Lipinski definition) is 4. The van der Waals surface area contributed by atoms with Crippen LogP contribution in [0.15, 0.2) is 60.0 Å². The molecule has 0 saturated carbocycles. The molecule has 1 amide bonds. The first-order chi connectivity index (χ1) is 14.3. The number of nitrogen functional groups attached to an aromatic ring is 1. The molecule has 0 unspecified atom stereocenters. The maximum Gasteiger partial charge on any atom is 0.255 e. The molecule has 1 aromatic heterocycles. The second-order valence-corrected chi connectivity index (χ2v) is 9.91. The van der Waals surface area contributed by atoms with Crippen molar-refractivity contribution < 1.29 is 9.36 Å². The fourth-order valence-corrected chi connectivity index (χ4v) is 5.34. The Kier molecular flexibility index (Phi) is 6.74. The van der Waals surface area contributed by atoms with Crippen molar-refractivity contribution in [3.63, 3.8) is 0 Å². The van der Waals surface area contributed by atoms with Gasteiger partial charge >= 0.3 is 0 Å². The third-order valence-electron chi connectivity index (χ3n) is 5.63. The summed E-state index contributed by atoms with van der Waals surface area (Å²) in [6, 6.07) is 17.1. The van der Waals surface area contributed by atoms with Crippen LogP contribution in [0.1, 0.15) is 43.6 Å². The molecule has 0 spiro atoms. The minimum atomic E-state index is -0.478. The van der Waals surface area contributed by atoms with Gasteiger partial charge in [-0.1, -0.05) is 52.0 Å². The summed E-state index contributed by atoms with van der Waals surface area (Å²) in [7, 11) is 0.0928. The van der Waals surface area contributed by atoms with Crippen molar-refractivity contribution in [3.05, 3.63) is 71.1 Å². The van der Waals surface area contributed by atoms with Crippen molar-refractivity contribution in [2.45, 2.75) is 32.9 Å². The van der Waals surface area contributed by atoms with Crippen LogP contribution in [0.2, 0.25) is 0 Å². The zero-order chi connectivity index (χ0) is 21.9. The Morgan fingerprint density at radius 2 is 1.70 bits per heavy atom. The normalized spacial score (nSPS) is 11.9. The van der Waals surface area contributed by atoms with E-state index in [0.717, 1.165) is 16.0 Å². The van der Waals surface area contributed by atoms with Crippen LogP contribution < -0.4 is 11.1 Å². The molecule has 4 nitrogen and oxygen atoms in total. The monoisotopic (exact) mass is 438 g/mol. The molecule has 0 saturated heterocycles. The highest BCUT2D eigenvalue weighted by Crippen LogP contribution is 2.48. The summed E-state index contributed by atoms with van der Waals surface area (Å²) in [4.78, 5) is 14.0. The summed E-state index contributed by atoms with van der Waals surface area (Å²) < 4.78 is 12.1. The highest BCUT2D eigenvalue weighted by Gasteiger charge is 2.40. The summed E-state index contributed by atoms with van der Waals surface area (Å²) in [5, 5.41) is 4.46. The van der Waals surface area contributed by atoms with Crippen LogP contribution in [-0.4, -0.2) is 5.91 Å². The zero-order valence-electron chi connectivity index (χ0n) is 17.7. The summed E-state index contributed by atoms with van der Waals surface area (Å²) in [6.45, 7) is 8.31. The van der Waals surface area contributed by atoms with Gasteiger partial charge in [0.25, 0.3) is 5.91 Å². The second-order valence-electron chi connectivity index (χ2n) is 8.04. The standard InChI is InChI=1S/C24H27N2O2PS/c1-15(2)24(29-28,16(3)4)19-10-7-17(8-11-19)23(27)26-21-14-18(9-12-20(21)25)22-6-5-13-30-22/h5-16H,25H2,1-4H3,(H,26,27). The predicted octanol–water partition coefficient (Wildman–Crippen LogP) is 7.05. The molecule has 1 heterocycles. The largest absolute Gasteiger partial charge is 0.397 e. The number of hydrogen-bond donors (Lipinski definition) is 2. The van der Waals surface area contributed by atoms with Crippen molar-refractivity contribution >= 4 is 37.1 Å². The first kappa shape index (κ1) is 22.2. The quantitative estimate of drug-likeness (QED) is 0.307. The molecular weight excluding hydrogens is 411 g/mol. The van der Waals surface area contributed by atoms with E-state index in [-0.39, 0.29) is 26.2 Å². The number of nitrogens with one attached hydrogen (secondary N) is 1. The van der Waals surface area contributed by atoms with E-state index in [4.69, 9.17) is 5.73 Å². The lowest BCUT2D eigenvalue weighted by molar-refractivity contribution is 0.102. The van der Waals surface area contributed by atoms with Crippen LogP contribution in [-0.2, 0) is 9.72 Å². The SMILES string of the molecule is CC(C)C(P=O)(c1ccc(C(=O)Nc2cc(-c3cccs3)ccc2N)cc1)C(C)C. The molecule has 0 bridgehead atoms. The molecule has 0 aliphatic rings. The molecule has 0 fully saturated rings. The first-order valence-corrected chi connectivity index (χ1v) is 11.7. The Hall–Kier alpha value is -2.49. The summed E-state index contributed by atoms with van der Waals surface area (Å²) >= 11 is 1.64. The van der Waals surface area contributed by atoms with Gasteiger partial charge in [0.15, 0.2) is 8.46 Å². The predicted molar refractivity (Wildman–Crippen MR) is 128 cm³/mol. The number of benzene rings is 2. The van der Waals surface area contributed by atoms with E-state index < -0.39 is 5.16 Å². The van der Waals surface area contributed by atoms with E-state index in [0.29, 0.717) is 16.9 Å². The van der Waals surface area contributed by atoms with Crippen LogP contribution in [0.5, 0.6) is 0 Å². The molecule has 6 heteroatoms. The fourth-order valence-electron chi connectivity index (χ4n) is 3.94. The van der Waals surface area contributed by atoms with Crippen molar-refractivity contribution in [1.29, 1.82) is 0 Å². The topological polar surface area (TPSA) is 72.2 Å². The Balaban J connectivity index is 1.85. The van der Waals surface area contributed by atoms with E-state index >= 15 is 0 Å². The minimum absolute atomic E-state index is 0.0928. The van der Waals surface area contributed by atoms with Crippen LogP contribution in [0.25, 0.3) is 10.4 Å². The lowest BCUT2D eigenvalue weighted by atomic mass is 9.78. The van der Waals surface area contributed by atoms with Gasteiger partial charge in [0, 0.05) is 10.4 Å². The number of carbonyl (C=O) groups excluding carboxylic acids is 1. The summed E-state index contributed by atoms with van der Waals surface area (Å²) in [5.74, 6) is 0.156. The maximum absolute atomic E-state index is 12.8. The lowest BCUT2D eigenvalue weighted by Crippen LogP contribution is -2.32. The third kappa shape index (κ3) is 4.19. The van der Waals surface area contributed by atoms with Crippen molar-refractivity contribution in [3.8, 4) is 10.4 Å². The summed E-state index contributed by atoms with van der Waals surface area (Å²) in [6.07, 6.45) is 0. The van der Waals surface area contributed by atoms with Crippen molar-refractivity contribution in [2.24, 2.45) is 11.8 Å². The molecule has 3 N–H and O–H groups in total. The number of anilines is 2. The molecule has 0 aliphatic carbocycles. The molecule has 3 aromatic rings. The van der Waals surface area contributed by atoms with E-state index in [1.807, 2.05) is 41.8 Å². The minimum Gasteiger partial charge on any atom is -0.397 e.